The summed E-state index contributed by atoms with van der Waals surface area (Å²) in [7, 11) is 0. The van der Waals surface area contributed by atoms with Crippen LogP contribution >= 0.6 is 11.3 Å². The van der Waals surface area contributed by atoms with Crippen molar-refractivity contribution in [1.29, 1.82) is 0 Å². The lowest BCUT2D eigenvalue weighted by Gasteiger charge is -2.20. The third kappa shape index (κ3) is 3.84. The third-order valence-corrected chi connectivity index (χ3v) is 5.45. The van der Waals surface area contributed by atoms with Crippen molar-refractivity contribution < 1.29 is 4.79 Å². The molecular formula is C17H25N5OS. The third-order valence-electron chi connectivity index (χ3n) is 4.37. The van der Waals surface area contributed by atoms with Gasteiger partial charge in [0.25, 0.3) is 5.91 Å². The smallest absolute Gasteiger partial charge is 0.260 e. The molecular weight excluding hydrogens is 322 g/mol. The number of rotatable bonds is 5. The number of hydrogen-bond donors (Lipinski definition) is 2. The van der Waals surface area contributed by atoms with Crippen LogP contribution in [-0.2, 0) is 6.54 Å². The van der Waals surface area contributed by atoms with Crippen LogP contribution in [0.2, 0.25) is 0 Å². The van der Waals surface area contributed by atoms with Crippen molar-refractivity contribution >= 4 is 22.4 Å². The van der Waals surface area contributed by atoms with Crippen LogP contribution in [0.4, 0.5) is 5.13 Å². The summed E-state index contributed by atoms with van der Waals surface area (Å²) in [5.74, 6) is 0.921. The van der Waals surface area contributed by atoms with E-state index in [1.165, 1.54) is 4.88 Å². The van der Waals surface area contributed by atoms with Crippen LogP contribution in [0.5, 0.6) is 0 Å². The number of thiazole rings is 1. The molecule has 0 unspecified atom stereocenters. The largest absolute Gasteiger partial charge is 0.317 e. The standard InChI is InChI=1S/C17H25N5OS/c1-11(2)10-22-12(3)14(8-20-22)16(23)21-17-19-9-15(24-17)13-4-6-18-7-5-13/h8-9,11,13,18H,4-7,10H2,1-3H3,(H,19,21,23). The van der Waals surface area contributed by atoms with Crippen molar-refractivity contribution in [3.63, 3.8) is 0 Å². The van der Waals surface area contributed by atoms with Crippen LogP contribution in [0.15, 0.2) is 12.4 Å². The van der Waals surface area contributed by atoms with Crippen LogP contribution in [0.1, 0.15) is 53.5 Å². The van der Waals surface area contributed by atoms with Crippen LogP contribution in [0.25, 0.3) is 0 Å². The SMILES string of the molecule is Cc1c(C(=O)Nc2ncc(C3CCNCC3)s2)cnn1CC(C)C. The van der Waals surface area contributed by atoms with E-state index in [0.29, 0.717) is 22.5 Å². The van der Waals surface area contributed by atoms with Crippen molar-refractivity contribution in [2.75, 3.05) is 18.4 Å². The van der Waals surface area contributed by atoms with E-state index in [4.69, 9.17) is 0 Å². The normalized spacial score (nSPS) is 15.8. The molecule has 0 aliphatic carbocycles. The van der Waals surface area contributed by atoms with E-state index in [2.05, 4.69) is 34.6 Å². The number of piperidine rings is 1. The van der Waals surface area contributed by atoms with E-state index in [1.54, 1.807) is 17.5 Å². The van der Waals surface area contributed by atoms with Crippen LogP contribution in [0.3, 0.4) is 0 Å². The number of hydrogen-bond acceptors (Lipinski definition) is 5. The Balaban J connectivity index is 1.67. The number of aromatic nitrogens is 3. The molecule has 2 aromatic rings. The van der Waals surface area contributed by atoms with Gasteiger partial charge in [0.05, 0.1) is 11.8 Å². The fraction of sp³-hybridized carbons (Fsp3) is 0.588. The second-order valence-corrected chi connectivity index (χ2v) is 7.83. The molecule has 3 rings (SSSR count). The predicted octanol–water partition coefficient (Wildman–Crippen LogP) is 3.02. The van der Waals surface area contributed by atoms with Gasteiger partial charge in [-0.3, -0.25) is 14.8 Å². The molecule has 6 nitrogen and oxygen atoms in total. The molecule has 1 fully saturated rings. The van der Waals surface area contributed by atoms with Gasteiger partial charge < -0.3 is 5.32 Å². The molecule has 0 aromatic carbocycles. The fourth-order valence-corrected chi connectivity index (χ4v) is 3.98. The van der Waals surface area contributed by atoms with Gasteiger partial charge in [0.1, 0.15) is 0 Å². The van der Waals surface area contributed by atoms with Gasteiger partial charge in [-0.1, -0.05) is 13.8 Å². The number of carbonyl (C=O) groups is 1. The number of carbonyl (C=O) groups excluding carboxylic acids is 1. The van der Waals surface area contributed by atoms with Crippen molar-refractivity contribution in [3.8, 4) is 0 Å². The molecule has 0 spiro atoms. The van der Waals surface area contributed by atoms with Gasteiger partial charge >= 0.3 is 0 Å². The Bertz CT molecular complexity index is 700. The van der Waals surface area contributed by atoms with Gasteiger partial charge in [0, 0.05) is 23.3 Å². The summed E-state index contributed by atoms with van der Waals surface area (Å²) >= 11 is 1.59. The average molecular weight is 347 g/mol. The maximum atomic E-state index is 12.5. The lowest BCUT2D eigenvalue weighted by Crippen LogP contribution is -2.26. The van der Waals surface area contributed by atoms with E-state index >= 15 is 0 Å². The number of nitrogens with one attached hydrogen (secondary N) is 2. The van der Waals surface area contributed by atoms with Crippen molar-refractivity contribution in [1.82, 2.24) is 20.1 Å². The van der Waals surface area contributed by atoms with Crippen LogP contribution in [0, 0.1) is 12.8 Å². The molecule has 7 heteroatoms. The Labute approximate surface area is 146 Å². The maximum absolute atomic E-state index is 12.5. The molecule has 1 aliphatic heterocycles. The summed E-state index contributed by atoms with van der Waals surface area (Å²) in [4.78, 5) is 18.2. The Morgan fingerprint density at radius 1 is 1.42 bits per heavy atom. The zero-order chi connectivity index (χ0) is 17.1. The number of nitrogens with zero attached hydrogens (tertiary/aromatic N) is 3. The van der Waals surface area contributed by atoms with E-state index < -0.39 is 0 Å². The molecule has 0 atom stereocenters. The number of amides is 1. The molecule has 1 aliphatic rings. The second kappa shape index (κ2) is 7.44. The molecule has 3 heterocycles. The van der Waals surface area contributed by atoms with Gasteiger partial charge in [-0.25, -0.2) is 4.98 Å². The topological polar surface area (TPSA) is 71.8 Å². The quantitative estimate of drug-likeness (QED) is 0.872. The first kappa shape index (κ1) is 17.1. The minimum atomic E-state index is -0.131. The lowest BCUT2D eigenvalue weighted by atomic mass is 9.97. The zero-order valence-corrected chi connectivity index (χ0v) is 15.3. The van der Waals surface area contributed by atoms with Gasteiger partial charge in [0.15, 0.2) is 5.13 Å². The van der Waals surface area contributed by atoms with Crippen LogP contribution in [-0.4, -0.2) is 33.8 Å². The van der Waals surface area contributed by atoms with Gasteiger partial charge in [-0.2, -0.15) is 5.10 Å². The summed E-state index contributed by atoms with van der Waals surface area (Å²) in [5, 5.41) is 11.3. The molecule has 2 N–H and O–H groups in total. The van der Waals surface area contributed by atoms with Crippen molar-refractivity contribution in [2.24, 2.45) is 5.92 Å². The average Bonchev–Trinajstić information content (AvgIpc) is 3.16. The molecule has 0 saturated carbocycles. The Hall–Kier alpha value is -1.73. The van der Waals surface area contributed by atoms with Gasteiger partial charge in [0.2, 0.25) is 0 Å². The minimum absolute atomic E-state index is 0.131. The summed E-state index contributed by atoms with van der Waals surface area (Å²) in [6.45, 7) is 9.14. The highest BCUT2D eigenvalue weighted by Gasteiger charge is 2.20. The maximum Gasteiger partial charge on any atom is 0.260 e. The first-order chi connectivity index (χ1) is 11.5. The summed E-state index contributed by atoms with van der Waals surface area (Å²) in [6.07, 6.45) is 5.83. The summed E-state index contributed by atoms with van der Waals surface area (Å²) in [5.41, 5.74) is 1.52. The minimum Gasteiger partial charge on any atom is -0.317 e. The highest BCUT2D eigenvalue weighted by atomic mass is 32.1. The molecule has 0 radical (unpaired) electrons. The highest BCUT2D eigenvalue weighted by molar-refractivity contribution is 7.15. The second-order valence-electron chi connectivity index (χ2n) is 6.77. The molecule has 24 heavy (non-hydrogen) atoms. The van der Waals surface area contributed by atoms with Gasteiger partial charge in [-0.05, 0) is 44.7 Å². The van der Waals surface area contributed by atoms with E-state index in [9.17, 15) is 4.79 Å². The van der Waals surface area contributed by atoms with Crippen LogP contribution < -0.4 is 10.6 Å². The lowest BCUT2D eigenvalue weighted by molar-refractivity contribution is 0.102. The molecule has 0 bridgehead atoms. The van der Waals surface area contributed by atoms with E-state index in [0.717, 1.165) is 38.2 Å². The monoisotopic (exact) mass is 347 g/mol. The molecule has 2 aromatic heterocycles. The highest BCUT2D eigenvalue weighted by Crippen LogP contribution is 2.31. The predicted molar refractivity (Wildman–Crippen MR) is 96.7 cm³/mol. The Morgan fingerprint density at radius 2 is 2.17 bits per heavy atom. The summed E-state index contributed by atoms with van der Waals surface area (Å²) in [6, 6.07) is 0. The van der Waals surface area contributed by atoms with Gasteiger partial charge in [-0.15, -0.1) is 11.3 Å². The number of anilines is 1. The van der Waals surface area contributed by atoms with Crippen molar-refractivity contribution in [2.45, 2.75) is 46.1 Å². The first-order valence-electron chi connectivity index (χ1n) is 8.54. The molecule has 130 valence electrons. The van der Waals surface area contributed by atoms with E-state index in [-0.39, 0.29) is 5.91 Å². The molecule has 1 saturated heterocycles. The Kier molecular flexibility index (Phi) is 5.30. The fourth-order valence-electron chi connectivity index (χ4n) is 3.00. The van der Waals surface area contributed by atoms with Crippen molar-refractivity contribution in [3.05, 3.63) is 28.5 Å². The first-order valence-corrected chi connectivity index (χ1v) is 9.36. The Morgan fingerprint density at radius 3 is 2.88 bits per heavy atom. The zero-order valence-electron chi connectivity index (χ0n) is 14.5. The molecule has 1 amide bonds. The summed E-state index contributed by atoms with van der Waals surface area (Å²) < 4.78 is 1.89. The van der Waals surface area contributed by atoms with E-state index in [1.807, 2.05) is 17.8 Å².